The molecule has 2 aromatic rings. The fraction of sp³-hybridized carbons (Fsp3) is 0.111. The van der Waals surface area contributed by atoms with Gasteiger partial charge in [0.05, 0.1) is 17.1 Å². The summed E-state index contributed by atoms with van der Waals surface area (Å²) in [4.78, 5) is 0. The van der Waals surface area contributed by atoms with Gasteiger partial charge in [0, 0.05) is 11.1 Å². The second-order valence-electron chi connectivity index (χ2n) is 3.29. The third-order valence-corrected chi connectivity index (χ3v) is 2.27. The summed E-state index contributed by atoms with van der Waals surface area (Å²) in [5, 5.41) is 34.5. The quantitative estimate of drug-likeness (QED) is 0.538. The molecule has 0 aliphatic heterocycles. The Bertz CT molecular complexity index is 556. The number of fused-ring (bicyclic) bond motifs is 1. The van der Waals surface area contributed by atoms with Crippen molar-refractivity contribution in [2.24, 2.45) is 0 Å². The molecule has 0 aliphatic rings. The molecule has 5 nitrogen and oxygen atoms in total. The summed E-state index contributed by atoms with van der Waals surface area (Å²) >= 11 is 0. The summed E-state index contributed by atoms with van der Waals surface area (Å²) in [5.41, 5.74) is 1.97. The standard InChI is InChI=1S/C9H8BN3O2/c1-5-9-7(10(14)15)2-6(4-11)3-8(9)13-12-5/h2-3,14-15H,1H3,(H,12,13). The van der Waals surface area contributed by atoms with Gasteiger partial charge in [-0.3, -0.25) is 5.10 Å². The molecule has 1 heterocycles. The fourth-order valence-electron chi connectivity index (χ4n) is 1.61. The molecule has 0 spiro atoms. The smallest absolute Gasteiger partial charge is 0.423 e. The van der Waals surface area contributed by atoms with Gasteiger partial charge in [-0.05, 0) is 24.5 Å². The molecule has 0 atom stereocenters. The Morgan fingerprint density at radius 2 is 2.20 bits per heavy atom. The molecule has 2 rings (SSSR count). The van der Waals surface area contributed by atoms with E-state index < -0.39 is 7.12 Å². The zero-order valence-electron chi connectivity index (χ0n) is 8.02. The molecule has 74 valence electrons. The number of aryl methyl sites for hydroxylation is 1. The van der Waals surface area contributed by atoms with Crippen LogP contribution in [0.2, 0.25) is 0 Å². The lowest BCUT2D eigenvalue weighted by Crippen LogP contribution is -2.30. The first kappa shape index (κ1) is 9.71. The highest BCUT2D eigenvalue weighted by atomic mass is 16.4. The van der Waals surface area contributed by atoms with E-state index in [1.807, 2.05) is 6.07 Å². The SMILES string of the molecule is Cc1[nH]nc2cc(C#N)cc(B(O)O)c12. The molecule has 0 aliphatic carbocycles. The van der Waals surface area contributed by atoms with Crippen LogP contribution in [0.25, 0.3) is 10.9 Å². The van der Waals surface area contributed by atoms with Gasteiger partial charge in [0.2, 0.25) is 0 Å². The molecule has 0 radical (unpaired) electrons. The second-order valence-corrected chi connectivity index (χ2v) is 3.29. The number of rotatable bonds is 1. The van der Waals surface area contributed by atoms with Crippen molar-refractivity contribution < 1.29 is 10.0 Å². The van der Waals surface area contributed by atoms with Crippen LogP contribution >= 0.6 is 0 Å². The van der Waals surface area contributed by atoms with Crippen LogP contribution in [0.1, 0.15) is 11.3 Å². The summed E-state index contributed by atoms with van der Waals surface area (Å²) in [6.07, 6.45) is 0. The molecule has 6 heteroatoms. The molecule has 0 saturated carbocycles. The maximum Gasteiger partial charge on any atom is 0.489 e. The highest BCUT2D eigenvalue weighted by Gasteiger charge is 2.18. The first-order valence-corrected chi connectivity index (χ1v) is 4.38. The summed E-state index contributed by atoms with van der Waals surface area (Å²) in [5.74, 6) is 0. The van der Waals surface area contributed by atoms with Crippen LogP contribution in [-0.4, -0.2) is 27.4 Å². The normalized spacial score (nSPS) is 10.3. The summed E-state index contributed by atoms with van der Waals surface area (Å²) < 4.78 is 0. The fourth-order valence-corrected chi connectivity index (χ4v) is 1.61. The molecule has 0 bridgehead atoms. The zero-order chi connectivity index (χ0) is 11.0. The third-order valence-electron chi connectivity index (χ3n) is 2.27. The Labute approximate surface area is 86.1 Å². The highest BCUT2D eigenvalue weighted by Crippen LogP contribution is 2.14. The molecular weight excluding hydrogens is 193 g/mol. The lowest BCUT2D eigenvalue weighted by atomic mass is 9.77. The van der Waals surface area contributed by atoms with Crippen molar-refractivity contribution in [3.05, 3.63) is 23.4 Å². The van der Waals surface area contributed by atoms with Crippen molar-refractivity contribution in [1.82, 2.24) is 10.2 Å². The van der Waals surface area contributed by atoms with E-state index in [2.05, 4.69) is 10.2 Å². The number of aromatic amines is 1. The monoisotopic (exact) mass is 201 g/mol. The van der Waals surface area contributed by atoms with Gasteiger partial charge in [-0.25, -0.2) is 0 Å². The summed E-state index contributed by atoms with van der Waals surface area (Å²) in [7, 11) is -1.60. The van der Waals surface area contributed by atoms with E-state index >= 15 is 0 Å². The topological polar surface area (TPSA) is 92.9 Å². The predicted molar refractivity (Wildman–Crippen MR) is 55.4 cm³/mol. The average Bonchev–Trinajstić information content (AvgIpc) is 2.59. The summed E-state index contributed by atoms with van der Waals surface area (Å²) in [6.45, 7) is 1.78. The van der Waals surface area contributed by atoms with Gasteiger partial charge in [0.25, 0.3) is 0 Å². The minimum atomic E-state index is -1.60. The lowest BCUT2D eigenvalue weighted by molar-refractivity contribution is 0.426. The Hall–Kier alpha value is -1.84. The molecular formula is C9H8BN3O2. The van der Waals surface area contributed by atoms with E-state index in [4.69, 9.17) is 5.26 Å². The van der Waals surface area contributed by atoms with E-state index in [0.717, 1.165) is 5.69 Å². The zero-order valence-corrected chi connectivity index (χ0v) is 8.02. The molecule has 1 aromatic carbocycles. The van der Waals surface area contributed by atoms with Gasteiger partial charge < -0.3 is 10.0 Å². The van der Waals surface area contributed by atoms with E-state index in [0.29, 0.717) is 21.9 Å². The molecule has 0 fully saturated rings. The number of nitrogens with zero attached hydrogens (tertiary/aromatic N) is 2. The van der Waals surface area contributed by atoms with Crippen LogP contribution < -0.4 is 5.46 Å². The van der Waals surface area contributed by atoms with Crippen molar-refractivity contribution in [3.8, 4) is 6.07 Å². The van der Waals surface area contributed by atoms with Crippen LogP contribution in [0.4, 0.5) is 0 Å². The van der Waals surface area contributed by atoms with Crippen molar-refractivity contribution >= 4 is 23.5 Å². The molecule has 0 unspecified atom stereocenters. The van der Waals surface area contributed by atoms with E-state index in [1.54, 1.807) is 13.0 Å². The van der Waals surface area contributed by atoms with Gasteiger partial charge >= 0.3 is 7.12 Å². The molecule has 15 heavy (non-hydrogen) atoms. The number of nitriles is 1. The van der Waals surface area contributed by atoms with E-state index in [1.165, 1.54) is 6.07 Å². The molecule has 1 aromatic heterocycles. The van der Waals surface area contributed by atoms with Crippen molar-refractivity contribution in [3.63, 3.8) is 0 Å². The Morgan fingerprint density at radius 1 is 1.47 bits per heavy atom. The first-order valence-electron chi connectivity index (χ1n) is 4.38. The van der Waals surface area contributed by atoms with Crippen molar-refractivity contribution in [1.29, 1.82) is 5.26 Å². The van der Waals surface area contributed by atoms with Gasteiger partial charge in [0.1, 0.15) is 0 Å². The minimum Gasteiger partial charge on any atom is -0.423 e. The highest BCUT2D eigenvalue weighted by molar-refractivity contribution is 6.62. The van der Waals surface area contributed by atoms with Gasteiger partial charge in [0.15, 0.2) is 0 Å². The average molecular weight is 201 g/mol. The van der Waals surface area contributed by atoms with E-state index in [-0.39, 0.29) is 0 Å². The Morgan fingerprint density at radius 3 is 2.80 bits per heavy atom. The summed E-state index contributed by atoms with van der Waals surface area (Å²) in [6, 6.07) is 5.00. The number of hydrogen-bond acceptors (Lipinski definition) is 4. The lowest BCUT2D eigenvalue weighted by Gasteiger charge is -2.02. The maximum atomic E-state index is 9.19. The molecule has 0 amide bonds. The van der Waals surface area contributed by atoms with Crippen LogP contribution in [-0.2, 0) is 0 Å². The largest absolute Gasteiger partial charge is 0.489 e. The number of nitrogens with one attached hydrogen (secondary N) is 1. The van der Waals surface area contributed by atoms with Gasteiger partial charge in [-0.1, -0.05) is 0 Å². The maximum absolute atomic E-state index is 9.19. The van der Waals surface area contributed by atoms with Gasteiger partial charge in [-0.2, -0.15) is 10.4 Å². The van der Waals surface area contributed by atoms with E-state index in [9.17, 15) is 10.0 Å². The second kappa shape index (κ2) is 3.39. The van der Waals surface area contributed by atoms with Crippen LogP contribution in [0, 0.1) is 18.3 Å². The van der Waals surface area contributed by atoms with Gasteiger partial charge in [-0.15, -0.1) is 0 Å². The third kappa shape index (κ3) is 1.48. The number of aromatic nitrogens is 2. The van der Waals surface area contributed by atoms with Crippen LogP contribution in [0.5, 0.6) is 0 Å². The molecule has 0 saturated heterocycles. The van der Waals surface area contributed by atoms with Crippen molar-refractivity contribution in [2.75, 3.05) is 0 Å². The van der Waals surface area contributed by atoms with Crippen LogP contribution in [0.3, 0.4) is 0 Å². The minimum absolute atomic E-state index is 0.301. The Balaban J connectivity index is 2.85. The van der Waals surface area contributed by atoms with Crippen LogP contribution in [0.15, 0.2) is 12.1 Å². The first-order chi connectivity index (χ1) is 7.13. The number of benzene rings is 1. The number of hydrogen-bond donors (Lipinski definition) is 3. The van der Waals surface area contributed by atoms with Crippen molar-refractivity contribution in [2.45, 2.75) is 6.92 Å². The Kier molecular flexibility index (Phi) is 2.19. The molecule has 3 N–H and O–H groups in total. The number of H-pyrrole nitrogens is 1. The predicted octanol–water partition coefficient (Wildman–Crippen LogP) is -0.577.